The molecule has 1 amide bonds. The molecule has 0 saturated carbocycles. The molecule has 0 bridgehead atoms. The number of unbranched alkanes of at least 4 members (excludes halogenated alkanes) is 2. The number of terminal acetylenes is 1. The van der Waals surface area contributed by atoms with Crippen LogP contribution in [0.15, 0.2) is 0 Å². The average Bonchev–Trinajstić information content (AvgIpc) is 2.54. The van der Waals surface area contributed by atoms with Crippen LogP contribution in [0.2, 0.25) is 0 Å². The molecule has 1 heterocycles. The van der Waals surface area contributed by atoms with Crippen molar-refractivity contribution in [2.24, 2.45) is 5.92 Å². The van der Waals surface area contributed by atoms with Crippen molar-refractivity contribution >= 4 is 5.91 Å². The molecule has 3 nitrogen and oxygen atoms in total. The largest absolute Gasteiger partial charge is 0.396 e. The van der Waals surface area contributed by atoms with Gasteiger partial charge in [0.2, 0.25) is 5.91 Å². The van der Waals surface area contributed by atoms with Crippen LogP contribution in [-0.4, -0.2) is 35.6 Å². The number of hydrogen-bond acceptors (Lipinski definition) is 2. The Hall–Kier alpha value is -1.01. The van der Waals surface area contributed by atoms with E-state index in [-0.39, 0.29) is 18.4 Å². The Bertz CT molecular complexity index is 232. The quantitative estimate of drug-likeness (QED) is 0.516. The highest BCUT2D eigenvalue weighted by molar-refractivity contribution is 5.79. The zero-order valence-corrected chi connectivity index (χ0v) is 8.41. The van der Waals surface area contributed by atoms with Crippen LogP contribution in [0.5, 0.6) is 0 Å². The standard InChI is InChI=1S/C11H17NO2/c1-2-10-8-11(14)12(9-10)6-4-3-5-7-13/h1,10,13H,3-9H2. The lowest BCUT2D eigenvalue weighted by molar-refractivity contribution is -0.127. The Morgan fingerprint density at radius 1 is 1.50 bits per heavy atom. The number of hydrogen-bond donors (Lipinski definition) is 1. The Kier molecular flexibility index (Phi) is 4.48. The molecule has 3 heteroatoms. The van der Waals surface area contributed by atoms with Crippen LogP contribution in [0.1, 0.15) is 25.7 Å². The van der Waals surface area contributed by atoms with Gasteiger partial charge in [0.1, 0.15) is 0 Å². The number of aliphatic hydroxyl groups excluding tert-OH is 1. The van der Waals surface area contributed by atoms with Crippen molar-refractivity contribution in [3.63, 3.8) is 0 Å². The van der Waals surface area contributed by atoms with Crippen LogP contribution in [-0.2, 0) is 4.79 Å². The second kappa shape index (κ2) is 5.66. The predicted octanol–water partition coefficient (Wildman–Crippen LogP) is 0.631. The molecule has 0 aromatic rings. The lowest BCUT2D eigenvalue weighted by Crippen LogP contribution is -2.26. The monoisotopic (exact) mass is 195 g/mol. The number of nitrogens with zero attached hydrogens (tertiary/aromatic N) is 1. The van der Waals surface area contributed by atoms with Crippen molar-refractivity contribution in [3.8, 4) is 12.3 Å². The van der Waals surface area contributed by atoms with Gasteiger partial charge in [-0.15, -0.1) is 12.3 Å². The lowest BCUT2D eigenvalue weighted by Gasteiger charge is -2.15. The molecule has 1 fully saturated rings. The molecule has 0 aromatic carbocycles. The summed E-state index contributed by atoms with van der Waals surface area (Å²) in [5.41, 5.74) is 0. The highest BCUT2D eigenvalue weighted by Crippen LogP contribution is 2.17. The van der Waals surface area contributed by atoms with Crippen molar-refractivity contribution in [2.45, 2.75) is 25.7 Å². The molecular weight excluding hydrogens is 178 g/mol. The van der Waals surface area contributed by atoms with Crippen molar-refractivity contribution in [2.75, 3.05) is 19.7 Å². The maximum atomic E-state index is 11.4. The molecule has 1 aliphatic heterocycles. The van der Waals surface area contributed by atoms with E-state index in [0.29, 0.717) is 13.0 Å². The summed E-state index contributed by atoms with van der Waals surface area (Å²) in [5.74, 6) is 2.91. The molecule has 1 N–H and O–H groups in total. The number of likely N-dealkylation sites (tertiary alicyclic amines) is 1. The lowest BCUT2D eigenvalue weighted by atomic mass is 10.1. The molecule has 1 aliphatic rings. The Morgan fingerprint density at radius 2 is 2.29 bits per heavy atom. The first-order valence-corrected chi connectivity index (χ1v) is 5.12. The zero-order chi connectivity index (χ0) is 10.4. The van der Waals surface area contributed by atoms with Crippen LogP contribution < -0.4 is 0 Å². The van der Waals surface area contributed by atoms with Gasteiger partial charge in [0.25, 0.3) is 0 Å². The van der Waals surface area contributed by atoms with Crippen LogP contribution in [0, 0.1) is 18.3 Å². The van der Waals surface area contributed by atoms with Gasteiger partial charge in [-0.3, -0.25) is 4.79 Å². The first kappa shape index (κ1) is 11.1. The van der Waals surface area contributed by atoms with Gasteiger partial charge in [0, 0.05) is 32.0 Å². The minimum absolute atomic E-state index is 0.111. The van der Waals surface area contributed by atoms with Gasteiger partial charge in [-0.2, -0.15) is 0 Å². The predicted molar refractivity (Wildman–Crippen MR) is 54.5 cm³/mol. The van der Waals surface area contributed by atoms with Crippen molar-refractivity contribution in [1.82, 2.24) is 4.90 Å². The maximum Gasteiger partial charge on any atom is 0.223 e. The summed E-state index contributed by atoms with van der Waals surface area (Å²) in [4.78, 5) is 13.2. The Labute approximate surface area is 85.1 Å². The van der Waals surface area contributed by atoms with E-state index in [1.165, 1.54) is 0 Å². The molecule has 1 saturated heterocycles. The summed E-state index contributed by atoms with van der Waals surface area (Å²) < 4.78 is 0. The first-order chi connectivity index (χ1) is 6.77. The molecule has 14 heavy (non-hydrogen) atoms. The van der Waals surface area contributed by atoms with Crippen molar-refractivity contribution < 1.29 is 9.90 Å². The van der Waals surface area contributed by atoms with E-state index >= 15 is 0 Å². The first-order valence-electron chi connectivity index (χ1n) is 5.12. The molecular formula is C11H17NO2. The van der Waals surface area contributed by atoms with E-state index in [1.807, 2.05) is 4.90 Å². The molecule has 1 atom stereocenters. The molecule has 78 valence electrons. The summed E-state index contributed by atoms with van der Waals surface area (Å²) in [6.45, 7) is 1.74. The summed E-state index contributed by atoms with van der Waals surface area (Å²) in [5, 5.41) is 8.58. The van der Waals surface area contributed by atoms with Gasteiger partial charge in [-0.1, -0.05) is 0 Å². The van der Waals surface area contributed by atoms with E-state index in [2.05, 4.69) is 5.92 Å². The summed E-state index contributed by atoms with van der Waals surface area (Å²) in [6.07, 6.45) is 8.54. The fraction of sp³-hybridized carbons (Fsp3) is 0.727. The van der Waals surface area contributed by atoms with E-state index in [1.54, 1.807) is 0 Å². The Balaban J connectivity index is 2.19. The summed E-state index contributed by atoms with van der Waals surface area (Å²) >= 11 is 0. The van der Waals surface area contributed by atoms with E-state index in [9.17, 15) is 4.79 Å². The fourth-order valence-corrected chi connectivity index (χ4v) is 1.69. The third-order valence-corrected chi connectivity index (χ3v) is 2.54. The third-order valence-electron chi connectivity index (χ3n) is 2.54. The number of aliphatic hydroxyl groups is 1. The fourth-order valence-electron chi connectivity index (χ4n) is 1.69. The molecule has 0 radical (unpaired) electrons. The van der Waals surface area contributed by atoms with Crippen LogP contribution in [0.25, 0.3) is 0 Å². The van der Waals surface area contributed by atoms with E-state index < -0.39 is 0 Å². The van der Waals surface area contributed by atoms with Crippen molar-refractivity contribution in [1.29, 1.82) is 0 Å². The molecule has 1 rings (SSSR count). The minimum atomic E-state index is 0.111. The van der Waals surface area contributed by atoms with Crippen LogP contribution in [0.3, 0.4) is 0 Å². The highest BCUT2D eigenvalue weighted by Gasteiger charge is 2.27. The van der Waals surface area contributed by atoms with Gasteiger partial charge >= 0.3 is 0 Å². The van der Waals surface area contributed by atoms with Gasteiger partial charge in [0.05, 0.1) is 0 Å². The molecule has 1 unspecified atom stereocenters. The van der Waals surface area contributed by atoms with Gasteiger partial charge < -0.3 is 10.0 Å². The van der Waals surface area contributed by atoms with Crippen molar-refractivity contribution in [3.05, 3.63) is 0 Å². The number of carbonyl (C=O) groups excluding carboxylic acids is 1. The molecule has 0 spiro atoms. The van der Waals surface area contributed by atoms with E-state index in [4.69, 9.17) is 11.5 Å². The smallest absolute Gasteiger partial charge is 0.223 e. The minimum Gasteiger partial charge on any atom is -0.396 e. The summed E-state index contributed by atoms with van der Waals surface area (Å²) in [6, 6.07) is 0. The SMILES string of the molecule is C#CC1CC(=O)N(CCCCCO)C1. The van der Waals surface area contributed by atoms with Gasteiger partial charge in [0.15, 0.2) is 0 Å². The number of amides is 1. The molecule has 0 aliphatic carbocycles. The van der Waals surface area contributed by atoms with Crippen LogP contribution in [0.4, 0.5) is 0 Å². The normalized spacial score (nSPS) is 21.3. The number of rotatable bonds is 5. The molecule has 0 aromatic heterocycles. The van der Waals surface area contributed by atoms with Gasteiger partial charge in [-0.05, 0) is 19.3 Å². The number of carbonyl (C=O) groups is 1. The highest BCUT2D eigenvalue weighted by atomic mass is 16.2. The zero-order valence-electron chi connectivity index (χ0n) is 8.41. The second-order valence-corrected chi connectivity index (χ2v) is 3.69. The average molecular weight is 195 g/mol. The van der Waals surface area contributed by atoms with Crippen LogP contribution >= 0.6 is 0 Å². The second-order valence-electron chi connectivity index (χ2n) is 3.69. The van der Waals surface area contributed by atoms with E-state index in [0.717, 1.165) is 25.8 Å². The Morgan fingerprint density at radius 3 is 2.86 bits per heavy atom. The van der Waals surface area contributed by atoms with Gasteiger partial charge in [-0.25, -0.2) is 0 Å². The topological polar surface area (TPSA) is 40.5 Å². The summed E-state index contributed by atoms with van der Waals surface area (Å²) in [7, 11) is 0. The maximum absolute atomic E-state index is 11.4. The third kappa shape index (κ3) is 3.04.